The van der Waals surface area contributed by atoms with Gasteiger partial charge in [-0.2, -0.15) is 0 Å². The van der Waals surface area contributed by atoms with Gasteiger partial charge in [0.05, 0.1) is 0 Å². The van der Waals surface area contributed by atoms with Crippen molar-refractivity contribution in [3.05, 3.63) is 12.2 Å². The maximum Gasteiger partial charge on any atom is 0.328 e. The fraction of sp³-hybridized carbons (Fsp3) is 0.625. The molecule has 0 saturated carbocycles. The summed E-state index contributed by atoms with van der Waals surface area (Å²) in [4.78, 5) is 10.0. The Kier molecular flexibility index (Phi) is 3.82. The van der Waals surface area contributed by atoms with E-state index in [0.29, 0.717) is 6.54 Å². The summed E-state index contributed by atoms with van der Waals surface area (Å²) in [7, 11) is 0. The second-order valence-electron chi connectivity index (χ2n) is 3.37. The van der Waals surface area contributed by atoms with Crippen molar-refractivity contribution in [3.8, 4) is 0 Å². The Bertz CT molecular complexity index is 156. The van der Waals surface area contributed by atoms with Crippen LogP contribution < -0.4 is 5.32 Å². The number of rotatable bonds is 3. The second-order valence-corrected chi connectivity index (χ2v) is 3.37. The van der Waals surface area contributed by atoms with Crippen molar-refractivity contribution in [2.75, 3.05) is 6.54 Å². The van der Waals surface area contributed by atoms with Gasteiger partial charge in [0.2, 0.25) is 0 Å². The first-order chi connectivity index (χ1) is 4.92. The number of nitrogens with one attached hydrogen (secondary N) is 1. The molecule has 2 N–H and O–H groups in total. The molecule has 0 fully saturated rings. The second kappa shape index (κ2) is 4.13. The van der Waals surface area contributed by atoms with E-state index < -0.39 is 5.97 Å². The zero-order valence-electron chi connectivity index (χ0n) is 7.22. The van der Waals surface area contributed by atoms with Crippen LogP contribution in [0, 0.1) is 0 Å². The Labute approximate surface area is 67.1 Å². The first-order valence-corrected chi connectivity index (χ1v) is 3.56. The molecule has 0 rings (SSSR count). The molecule has 0 atom stereocenters. The molecule has 0 aromatic carbocycles. The molecule has 0 aliphatic heterocycles. The van der Waals surface area contributed by atoms with Crippen molar-refractivity contribution in [3.63, 3.8) is 0 Å². The lowest BCUT2D eigenvalue weighted by molar-refractivity contribution is -0.131. The third-order valence-corrected chi connectivity index (χ3v) is 1.01. The minimum Gasteiger partial charge on any atom is -0.478 e. The molecule has 0 aromatic heterocycles. The maximum absolute atomic E-state index is 10.0. The average molecular weight is 157 g/mol. The van der Waals surface area contributed by atoms with E-state index in [4.69, 9.17) is 5.11 Å². The number of carbonyl (C=O) groups is 1. The van der Waals surface area contributed by atoms with E-state index >= 15 is 0 Å². The molecular weight excluding hydrogens is 142 g/mol. The molecule has 0 amide bonds. The molecule has 3 heteroatoms. The van der Waals surface area contributed by atoms with Gasteiger partial charge in [0.15, 0.2) is 0 Å². The van der Waals surface area contributed by atoms with E-state index in [1.807, 2.05) is 20.8 Å². The molecule has 0 radical (unpaired) electrons. The van der Waals surface area contributed by atoms with E-state index in [1.54, 1.807) is 6.08 Å². The Hall–Kier alpha value is -0.830. The van der Waals surface area contributed by atoms with Gasteiger partial charge in [0.1, 0.15) is 0 Å². The van der Waals surface area contributed by atoms with Crippen molar-refractivity contribution in [1.82, 2.24) is 5.32 Å². The zero-order chi connectivity index (χ0) is 8.91. The first kappa shape index (κ1) is 10.2. The van der Waals surface area contributed by atoms with Gasteiger partial charge < -0.3 is 10.4 Å². The summed E-state index contributed by atoms with van der Waals surface area (Å²) in [6.45, 7) is 6.68. The summed E-state index contributed by atoms with van der Waals surface area (Å²) in [6.07, 6.45) is 2.73. The molecule has 3 nitrogen and oxygen atoms in total. The summed E-state index contributed by atoms with van der Waals surface area (Å²) in [6, 6.07) is 0. The standard InChI is InChI=1S/C8H15NO2/c1-8(2,3)9-6-4-5-7(10)11/h4-5,9H,6H2,1-3H3,(H,10,11). The molecule has 0 heterocycles. The van der Waals surface area contributed by atoms with Crippen LogP contribution in [0.4, 0.5) is 0 Å². The Morgan fingerprint density at radius 1 is 1.55 bits per heavy atom. The predicted molar refractivity (Wildman–Crippen MR) is 44.5 cm³/mol. The lowest BCUT2D eigenvalue weighted by Gasteiger charge is -2.18. The third-order valence-electron chi connectivity index (χ3n) is 1.01. The van der Waals surface area contributed by atoms with Gasteiger partial charge in [-0.1, -0.05) is 6.08 Å². The van der Waals surface area contributed by atoms with Crippen LogP contribution >= 0.6 is 0 Å². The van der Waals surface area contributed by atoms with E-state index in [1.165, 1.54) is 0 Å². The quantitative estimate of drug-likeness (QED) is 0.601. The normalized spacial score (nSPS) is 12.3. The van der Waals surface area contributed by atoms with Gasteiger partial charge in [-0.3, -0.25) is 0 Å². The van der Waals surface area contributed by atoms with E-state index in [9.17, 15) is 4.79 Å². The summed E-state index contributed by atoms with van der Waals surface area (Å²) >= 11 is 0. The van der Waals surface area contributed by atoms with Crippen LogP contribution in [-0.4, -0.2) is 23.2 Å². The summed E-state index contributed by atoms with van der Waals surface area (Å²) in [5.74, 6) is -0.902. The van der Waals surface area contributed by atoms with Gasteiger partial charge in [-0.25, -0.2) is 4.79 Å². The fourth-order valence-electron chi connectivity index (χ4n) is 0.525. The van der Waals surface area contributed by atoms with Gasteiger partial charge in [-0.15, -0.1) is 0 Å². The number of hydrogen-bond donors (Lipinski definition) is 2. The van der Waals surface area contributed by atoms with Gasteiger partial charge in [-0.05, 0) is 20.8 Å². The monoisotopic (exact) mass is 157 g/mol. The van der Waals surface area contributed by atoms with Crippen molar-refractivity contribution in [1.29, 1.82) is 0 Å². The molecule has 0 saturated heterocycles. The largest absolute Gasteiger partial charge is 0.478 e. The maximum atomic E-state index is 10.0. The van der Waals surface area contributed by atoms with Crippen molar-refractivity contribution in [2.24, 2.45) is 0 Å². The lowest BCUT2D eigenvalue weighted by Crippen LogP contribution is -2.35. The number of carboxylic acid groups (broad SMARTS) is 1. The number of aliphatic carboxylic acids is 1. The highest BCUT2D eigenvalue weighted by Crippen LogP contribution is 1.96. The van der Waals surface area contributed by atoms with E-state index in [0.717, 1.165) is 6.08 Å². The van der Waals surface area contributed by atoms with E-state index in [2.05, 4.69) is 5.32 Å². The van der Waals surface area contributed by atoms with Crippen molar-refractivity contribution >= 4 is 5.97 Å². The Balaban J connectivity index is 3.50. The highest BCUT2D eigenvalue weighted by molar-refractivity contribution is 5.79. The Morgan fingerprint density at radius 2 is 2.09 bits per heavy atom. The number of carboxylic acids is 1. The summed E-state index contributed by atoms with van der Waals surface area (Å²) in [5, 5.41) is 11.4. The van der Waals surface area contributed by atoms with Gasteiger partial charge >= 0.3 is 5.97 Å². The molecule has 0 aromatic rings. The average Bonchev–Trinajstić information content (AvgIpc) is 1.78. The van der Waals surface area contributed by atoms with Crippen LogP contribution in [-0.2, 0) is 4.79 Å². The van der Waals surface area contributed by atoms with Crippen LogP contribution in [0.2, 0.25) is 0 Å². The molecular formula is C8H15NO2. The zero-order valence-corrected chi connectivity index (χ0v) is 7.22. The molecule has 0 unspecified atom stereocenters. The predicted octanol–water partition coefficient (Wildman–Crippen LogP) is 1.02. The Morgan fingerprint density at radius 3 is 2.45 bits per heavy atom. The van der Waals surface area contributed by atoms with Crippen LogP contribution in [0.25, 0.3) is 0 Å². The molecule has 0 bridgehead atoms. The third kappa shape index (κ3) is 9.17. The summed E-state index contributed by atoms with van der Waals surface area (Å²) in [5.41, 5.74) is 0.0445. The van der Waals surface area contributed by atoms with Crippen LogP contribution in [0.1, 0.15) is 20.8 Å². The van der Waals surface area contributed by atoms with Crippen LogP contribution in [0.3, 0.4) is 0 Å². The lowest BCUT2D eigenvalue weighted by atomic mass is 10.1. The molecule has 0 aliphatic carbocycles. The smallest absolute Gasteiger partial charge is 0.328 e. The topological polar surface area (TPSA) is 49.3 Å². The highest BCUT2D eigenvalue weighted by atomic mass is 16.4. The van der Waals surface area contributed by atoms with Crippen molar-refractivity contribution < 1.29 is 9.90 Å². The molecule has 11 heavy (non-hydrogen) atoms. The molecule has 64 valence electrons. The minimum absolute atomic E-state index is 0.0445. The van der Waals surface area contributed by atoms with Gasteiger partial charge in [0.25, 0.3) is 0 Å². The number of hydrogen-bond acceptors (Lipinski definition) is 2. The SMILES string of the molecule is CC(C)(C)NCC=CC(=O)O. The fourth-order valence-corrected chi connectivity index (χ4v) is 0.525. The minimum atomic E-state index is -0.902. The van der Waals surface area contributed by atoms with E-state index in [-0.39, 0.29) is 5.54 Å². The van der Waals surface area contributed by atoms with Crippen molar-refractivity contribution in [2.45, 2.75) is 26.3 Å². The molecule has 0 aliphatic rings. The summed E-state index contributed by atoms with van der Waals surface area (Å²) < 4.78 is 0. The van der Waals surface area contributed by atoms with Crippen LogP contribution in [0.5, 0.6) is 0 Å². The molecule has 0 spiro atoms. The van der Waals surface area contributed by atoms with Crippen LogP contribution in [0.15, 0.2) is 12.2 Å². The highest BCUT2D eigenvalue weighted by Gasteiger charge is 2.05. The first-order valence-electron chi connectivity index (χ1n) is 3.56. The van der Waals surface area contributed by atoms with Gasteiger partial charge in [0, 0.05) is 18.2 Å².